The van der Waals surface area contributed by atoms with E-state index in [0.29, 0.717) is 17.7 Å². The zero-order chi connectivity index (χ0) is 18.5. The van der Waals surface area contributed by atoms with E-state index in [0.717, 1.165) is 17.7 Å². The van der Waals surface area contributed by atoms with Gasteiger partial charge in [0.1, 0.15) is 26.6 Å². The highest BCUT2D eigenvalue weighted by Crippen LogP contribution is 2.15. The summed E-state index contributed by atoms with van der Waals surface area (Å²) >= 11 is 0. The Bertz CT molecular complexity index is 609. The van der Waals surface area contributed by atoms with Crippen LogP contribution >= 0.6 is 0 Å². The Balaban J connectivity index is 0.000000251. The molecule has 4 nitrogen and oxygen atoms in total. The lowest BCUT2D eigenvalue weighted by Gasteiger charge is -2.07. The second-order valence-electron chi connectivity index (χ2n) is 5.45. The van der Waals surface area contributed by atoms with Crippen molar-refractivity contribution in [3.8, 4) is 11.8 Å². The third kappa shape index (κ3) is 7.92. The smallest absolute Gasteiger partial charge is 0.216 e. The number of halogens is 2. The molecule has 2 aromatic rings. The molecule has 0 N–H and O–H groups in total. The van der Waals surface area contributed by atoms with Crippen molar-refractivity contribution in [2.24, 2.45) is 0 Å². The van der Waals surface area contributed by atoms with Gasteiger partial charge in [-0.15, -0.1) is 0 Å². The first-order valence-electron chi connectivity index (χ1n) is 8.40. The van der Waals surface area contributed by atoms with Gasteiger partial charge in [-0.2, -0.15) is 0 Å². The summed E-state index contributed by atoms with van der Waals surface area (Å²) in [6.07, 6.45) is 2.50. The second kappa shape index (κ2) is 12.2. The van der Waals surface area contributed by atoms with E-state index < -0.39 is 13.3 Å². The predicted octanol–water partition coefficient (Wildman–Crippen LogP) is 4.55. The summed E-state index contributed by atoms with van der Waals surface area (Å²) in [6, 6.07) is 9.33. The van der Waals surface area contributed by atoms with Crippen molar-refractivity contribution >= 4 is 0 Å². The number of aryl methyl sites for hydroxylation is 1. The van der Waals surface area contributed by atoms with Gasteiger partial charge in [-0.3, -0.25) is 0 Å². The zero-order valence-electron chi connectivity index (χ0n) is 15.0. The fraction of sp³-hybridized carbons (Fsp3) is 0.474. The number of nitrogens with zero attached hydrogens (tertiary/aromatic N) is 2. The standard InChI is InChI=1S/C10H14FNO.C9H12FNO/c1-8(2)9-4-3-5-10(12-9)13-7-6-11;1-2-8-4-3-6-11-9(8)12-7-5-10/h3-5,8H,6-7H2,1-2H3;3-4,6H,2,5,7H2,1H3. The highest BCUT2D eigenvalue weighted by molar-refractivity contribution is 5.25. The molecule has 0 saturated heterocycles. The molecule has 2 rings (SSSR count). The van der Waals surface area contributed by atoms with Crippen LogP contribution in [0.1, 0.15) is 37.9 Å². The number of hydrogen-bond donors (Lipinski definition) is 0. The minimum absolute atomic E-state index is 0.0779. The number of hydrogen-bond acceptors (Lipinski definition) is 4. The number of pyridine rings is 2. The predicted molar refractivity (Wildman–Crippen MR) is 94.9 cm³/mol. The minimum Gasteiger partial charge on any atom is -0.475 e. The Kier molecular flexibility index (Phi) is 10.1. The van der Waals surface area contributed by atoms with E-state index in [4.69, 9.17) is 9.47 Å². The average molecular weight is 352 g/mol. The summed E-state index contributed by atoms with van der Waals surface area (Å²) in [6.45, 7) is 5.34. The quantitative estimate of drug-likeness (QED) is 0.699. The van der Waals surface area contributed by atoms with Gasteiger partial charge >= 0.3 is 0 Å². The summed E-state index contributed by atoms with van der Waals surface area (Å²) in [4.78, 5) is 8.22. The minimum atomic E-state index is -0.479. The summed E-state index contributed by atoms with van der Waals surface area (Å²) in [5.41, 5.74) is 1.99. The Morgan fingerprint density at radius 1 is 1.00 bits per heavy atom. The molecule has 0 aliphatic carbocycles. The van der Waals surface area contributed by atoms with Crippen molar-refractivity contribution in [3.05, 3.63) is 47.8 Å². The number of ether oxygens (including phenoxy) is 2. The van der Waals surface area contributed by atoms with Crippen molar-refractivity contribution in [3.63, 3.8) is 0 Å². The van der Waals surface area contributed by atoms with Gasteiger partial charge in [0.2, 0.25) is 11.8 Å². The number of rotatable bonds is 8. The van der Waals surface area contributed by atoms with Gasteiger partial charge in [0.25, 0.3) is 0 Å². The van der Waals surface area contributed by atoms with Gasteiger partial charge in [-0.05, 0) is 24.5 Å². The van der Waals surface area contributed by atoms with Crippen LogP contribution in [0.25, 0.3) is 0 Å². The fourth-order valence-electron chi connectivity index (χ4n) is 1.93. The fourth-order valence-corrected chi connectivity index (χ4v) is 1.93. The third-order valence-corrected chi connectivity index (χ3v) is 3.21. The molecule has 25 heavy (non-hydrogen) atoms. The number of alkyl halides is 2. The topological polar surface area (TPSA) is 44.2 Å². The lowest BCUT2D eigenvalue weighted by molar-refractivity contribution is 0.262. The van der Waals surface area contributed by atoms with E-state index in [1.807, 2.05) is 31.2 Å². The lowest BCUT2D eigenvalue weighted by Crippen LogP contribution is -2.02. The van der Waals surface area contributed by atoms with Gasteiger partial charge in [0.15, 0.2) is 0 Å². The molecule has 2 heterocycles. The van der Waals surface area contributed by atoms with Gasteiger partial charge in [-0.25, -0.2) is 18.7 Å². The van der Waals surface area contributed by atoms with Crippen LogP contribution in [0.15, 0.2) is 36.5 Å². The van der Waals surface area contributed by atoms with E-state index in [9.17, 15) is 8.78 Å². The van der Waals surface area contributed by atoms with E-state index in [1.165, 1.54) is 0 Å². The summed E-state index contributed by atoms with van der Waals surface area (Å²) < 4.78 is 33.7. The van der Waals surface area contributed by atoms with E-state index in [-0.39, 0.29) is 13.2 Å². The van der Waals surface area contributed by atoms with Crippen LogP contribution in [0.3, 0.4) is 0 Å². The molecular formula is C19H26F2N2O2. The normalized spacial score (nSPS) is 10.2. The highest BCUT2D eigenvalue weighted by Gasteiger charge is 2.02. The molecular weight excluding hydrogens is 326 g/mol. The number of aromatic nitrogens is 2. The molecule has 138 valence electrons. The van der Waals surface area contributed by atoms with Crippen LogP contribution < -0.4 is 9.47 Å². The van der Waals surface area contributed by atoms with Gasteiger partial charge < -0.3 is 9.47 Å². The highest BCUT2D eigenvalue weighted by atomic mass is 19.1. The molecule has 6 heteroatoms. The Morgan fingerprint density at radius 2 is 1.72 bits per heavy atom. The van der Waals surface area contributed by atoms with E-state index in [2.05, 4.69) is 23.8 Å². The van der Waals surface area contributed by atoms with Gasteiger partial charge in [0.05, 0.1) is 0 Å². The largest absolute Gasteiger partial charge is 0.475 e. The molecule has 0 unspecified atom stereocenters. The molecule has 0 atom stereocenters. The molecule has 2 aromatic heterocycles. The Labute approximate surface area is 148 Å². The first-order chi connectivity index (χ1) is 12.1. The van der Waals surface area contributed by atoms with Crippen molar-refractivity contribution in [1.82, 2.24) is 9.97 Å². The maximum atomic E-state index is 11.8. The van der Waals surface area contributed by atoms with E-state index >= 15 is 0 Å². The SMILES string of the molecule is CC(C)c1cccc(OCCF)n1.CCc1cccnc1OCCF. The molecule has 0 radical (unpaired) electrons. The lowest BCUT2D eigenvalue weighted by atomic mass is 10.1. The van der Waals surface area contributed by atoms with Crippen molar-refractivity contribution in [2.75, 3.05) is 26.6 Å². The van der Waals surface area contributed by atoms with Crippen LogP contribution in [-0.4, -0.2) is 36.5 Å². The summed E-state index contributed by atoms with van der Waals surface area (Å²) in [5, 5.41) is 0. The molecule has 0 fully saturated rings. The molecule has 0 bridgehead atoms. The van der Waals surface area contributed by atoms with Gasteiger partial charge in [-0.1, -0.05) is 32.9 Å². The maximum Gasteiger partial charge on any atom is 0.216 e. The molecule has 0 aliphatic heterocycles. The molecule has 0 aliphatic rings. The van der Waals surface area contributed by atoms with Crippen LogP contribution in [0.5, 0.6) is 11.8 Å². The van der Waals surface area contributed by atoms with Crippen molar-refractivity contribution < 1.29 is 18.3 Å². The second-order valence-corrected chi connectivity index (χ2v) is 5.45. The monoisotopic (exact) mass is 352 g/mol. The Hall–Kier alpha value is -2.24. The third-order valence-electron chi connectivity index (χ3n) is 3.21. The Morgan fingerprint density at radius 3 is 2.36 bits per heavy atom. The molecule has 0 spiro atoms. The summed E-state index contributed by atoms with van der Waals surface area (Å²) in [5.74, 6) is 1.43. The van der Waals surface area contributed by atoms with Crippen LogP contribution in [0, 0.1) is 0 Å². The van der Waals surface area contributed by atoms with Crippen LogP contribution in [-0.2, 0) is 6.42 Å². The van der Waals surface area contributed by atoms with Crippen LogP contribution in [0.4, 0.5) is 8.78 Å². The van der Waals surface area contributed by atoms with Crippen molar-refractivity contribution in [1.29, 1.82) is 0 Å². The first-order valence-corrected chi connectivity index (χ1v) is 8.40. The van der Waals surface area contributed by atoms with Gasteiger partial charge in [0, 0.05) is 23.5 Å². The molecule has 0 aromatic carbocycles. The van der Waals surface area contributed by atoms with E-state index in [1.54, 1.807) is 12.3 Å². The first kappa shape index (κ1) is 20.8. The van der Waals surface area contributed by atoms with Crippen LogP contribution in [0.2, 0.25) is 0 Å². The molecule has 0 amide bonds. The molecule has 0 saturated carbocycles. The maximum absolute atomic E-state index is 11.8. The zero-order valence-corrected chi connectivity index (χ0v) is 15.0. The average Bonchev–Trinajstić information content (AvgIpc) is 2.65. The van der Waals surface area contributed by atoms with Crippen molar-refractivity contribution in [2.45, 2.75) is 33.1 Å². The summed E-state index contributed by atoms with van der Waals surface area (Å²) in [7, 11) is 0.